The molecule has 1 fully saturated rings. The van der Waals surface area contributed by atoms with Crippen LogP contribution < -0.4 is 10.9 Å². The van der Waals surface area contributed by atoms with Gasteiger partial charge in [0.05, 0.1) is 12.2 Å². The Morgan fingerprint density at radius 3 is 2.92 bits per heavy atom. The second kappa shape index (κ2) is 6.83. The van der Waals surface area contributed by atoms with Gasteiger partial charge in [0, 0.05) is 35.2 Å². The highest BCUT2D eigenvalue weighted by atomic mass is 79.9. The van der Waals surface area contributed by atoms with E-state index in [4.69, 9.17) is 0 Å². The first-order valence-electron chi connectivity index (χ1n) is 7.80. The van der Waals surface area contributed by atoms with Crippen LogP contribution in [0, 0.1) is 6.92 Å². The number of nitrogens with zero attached hydrogens (tertiary/aromatic N) is 3. The molecular formula is C16H17BrN4O4. The van der Waals surface area contributed by atoms with Crippen LogP contribution in [0.5, 0.6) is 0 Å². The van der Waals surface area contributed by atoms with Crippen LogP contribution in [-0.4, -0.2) is 44.0 Å². The average Bonchev–Trinajstić information content (AvgIpc) is 2.96. The summed E-state index contributed by atoms with van der Waals surface area (Å²) in [5.41, 5.74) is 1.03. The van der Waals surface area contributed by atoms with E-state index in [1.54, 1.807) is 25.3 Å². The lowest BCUT2D eigenvalue weighted by Crippen LogP contribution is -2.41. The number of aromatic nitrogens is 2. The van der Waals surface area contributed by atoms with Gasteiger partial charge in [0.15, 0.2) is 0 Å². The summed E-state index contributed by atoms with van der Waals surface area (Å²) in [7, 11) is 0. The van der Waals surface area contributed by atoms with Crippen molar-refractivity contribution in [3.05, 3.63) is 44.4 Å². The van der Waals surface area contributed by atoms with E-state index in [1.165, 1.54) is 9.30 Å². The quantitative estimate of drug-likeness (QED) is 0.797. The molecule has 1 atom stereocenters. The van der Waals surface area contributed by atoms with Crippen LogP contribution in [0.25, 0.3) is 5.65 Å². The van der Waals surface area contributed by atoms with E-state index in [1.807, 2.05) is 0 Å². The summed E-state index contributed by atoms with van der Waals surface area (Å²) in [5, 5.41) is 12.2. The first kappa shape index (κ1) is 17.4. The number of amides is 2. The molecule has 0 saturated carbocycles. The smallest absolute Gasteiger partial charge is 0.407 e. The van der Waals surface area contributed by atoms with E-state index in [2.05, 4.69) is 26.2 Å². The molecule has 132 valence electrons. The Morgan fingerprint density at radius 2 is 2.28 bits per heavy atom. The Hall–Kier alpha value is -2.42. The standard InChI is InChI=1S/C16H17BrN4O4/c1-9-12(19-13-6-10(17)4-5-21(13)15(9)23)8-20(16(24)25)7-11-2-3-14(22)18-11/h4-6,11H,2-3,7-8H2,1H3,(H,18,22)(H,24,25). The van der Waals surface area contributed by atoms with E-state index in [9.17, 15) is 19.5 Å². The van der Waals surface area contributed by atoms with Crippen molar-refractivity contribution in [2.24, 2.45) is 0 Å². The third kappa shape index (κ3) is 3.65. The van der Waals surface area contributed by atoms with Gasteiger partial charge in [-0.15, -0.1) is 0 Å². The molecule has 1 saturated heterocycles. The fourth-order valence-electron chi connectivity index (χ4n) is 2.87. The summed E-state index contributed by atoms with van der Waals surface area (Å²) < 4.78 is 2.20. The molecule has 0 radical (unpaired) electrons. The van der Waals surface area contributed by atoms with Crippen LogP contribution in [-0.2, 0) is 11.3 Å². The number of fused-ring (bicyclic) bond motifs is 1. The lowest BCUT2D eigenvalue weighted by atomic mass is 10.2. The van der Waals surface area contributed by atoms with Gasteiger partial charge in [0.25, 0.3) is 5.56 Å². The van der Waals surface area contributed by atoms with Gasteiger partial charge in [-0.2, -0.15) is 0 Å². The summed E-state index contributed by atoms with van der Waals surface area (Å²) in [6, 6.07) is 3.23. The van der Waals surface area contributed by atoms with Crippen LogP contribution in [0.4, 0.5) is 4.79 Å². The van der Waals surface area contributed by atoms with Gasteiger partial charge in [0.2, 0.25) is 5.91 Å². The number of carboxylic acid groups (broad SMARTS) is 1. The molecular weight excluding hydrogens is 392 g/mol. The maximum absolute atomic E-state index is 12.5. The third-order valence-corrected chi connectivity index (χ3v) is 4.75. The maximum Gasteiger partial charge on any atom is 0.407 e. The molecule has 0 aliphatic carbocycles. The van der Waals surface area contributed by atoms with Crippen molar-refractivity contribution in [1.82, 2.24) is 19.6 Å². The number of nitrogens with one attached hydrogen (secondary N) is 1. The highest BCUT2D eigenvalue weighted by Gasteiger charge is 2.26. The van der Waals surface area contributed by atoms with E-state index < -0.39 is 6.09 Å². The summed E-state index contributed by atoms with van der Waals surface area (Å²) in [5.74, 6) is -0.0709. The summed E-state index contributed by atoms with van der Waals surface area (Å²) in [6.45, 7) is 1.79. The van der Waals surface area contributed by atoms with Crippen molar-refractivity contribution in [2.45, 2.75) is 32.4 Å². The van der Waals surface area contributed by atoms with Crippen LogP contribution in [0.3, 0.4) is 0 Å². The molecule has 0 bridgehead atoms. The Labute approximate surface area is 151 Å². The van der Waals surface area contributed by atoms with Gasteiger partial charge >= 0.3 is 6.09 Å². The molecule has 1 aliphatic heterocycles. The van der Waals surface area contributed by atoms with Gasteiger partial charge in [0.1, 0.15) is 5.65 Å². The molecule has 2 aromatic heterocycles. The van der Waals surface area contributed by atoms with Gasteiger partial charge in [-0.05, 0) is 25.5 Å². The van der Waals surface area contributed by atoms with Crippen molar-refractivity contribution >= 4 is 33.6 Å². The van der Waals surface area contributed by atoms with Crippen molar-refractivity contribution in [1.29, 1.82) is 0 Å². The van der Waals surface area contributed by atoms with E-state index in [-0.39, 0.29) is 30.6 Å². The van der Waals surface area contributed by atoms with Gasteiger partial charge in [-0.25, -0.2) is 9.78 Å². The predicted molar refractivity (Wildman–Crippen MR) is 93.5 cm³/mol. The molecule has 1 aliphatic rings. The van der Waals surface area contributed by atoms with E-state index in [0.29, 0.717) is 29.7 Å². The molecule has 25 heavy (non-hydrogen) atoms. The second-order valence-electron chi connectivity index (χ2n) is 6.03. The molecule has 0 spiro atoms. The fourth-order valence-corrected chi connectivity index (χ4v) is 3.20. The maximum atomic E-state index is 12.5. The Balaban J connectivity index is 1.91. The third-order valence-electron chi connectivity index (χ3n) is 4.26. The normalized spacial score (nSPS) is 16.9. The molecule has 2 N–H and O–H groups in total. The molecule has 8 nitrogen and oxygen atoms in total. The fraction of sp³-hybridized carbons (Fsp3) is 0.375. The molecule has 1 unspecified atom stereocenters. The number of hydrogen-bond acceptors (Lipinski definition) is 4. The van der Waals surface area contributed by atoms with Crippen LogP contribution in [0.1, 0.15) is 24.1 Å². The van der Waals surface area contributed by atoms with Crippen molar-refractivity contribution in [2.75, 3.05) is 6.54 Å². The zero-order valence-corrected chi connectivity index (χ0v) is 15.1. The minimum absolute atomic E-state index is 0.00814. The largest absolute Gasteiger partial charge is 0.465 e. The minimum Gasteiger partial charge on any atom is -0.465 e. The monoisotopic (exact) mass is 408 g/mol. The van der Waals surface area contributed by atoms with Crippen molar-refractivity contribution in [3.8, 4) is 0 Å². The molecule has 2 aromatic rings. The van der Waals surface area contributed by atoms with Gasteiger partial charge < -0.3 is 15.3 Å². The number of rotatable bonds is 4. The van der Waals surface area contributed by atoms with Crippen LogP contribution >= 0.6 is 15.9 Å². The average molecular weight is 409 g/mol. The number of halogens is 1. The Morgan fingerprint density at radius 1 is 1.52 bits per heavy atom. The molecule has 0 aromatic carbocycles. The number of carbonyl (C=O) groups excluding carboxylic acids is 1. The van der Waals surface area contributed by atoms with Crippen LogP contribution in [0.2, 0.25) is 0 Å². The van der Waals surface area contributed by atoms with Gasteiger partial charge in [-0.1, -0.05) is 15.9 Å². The van der Waals surface area contributed by atoms with E-state index in [0.717, 1.165) is 4.47 Å². The summed E-state index contributed by atoms with van der Waals surface area (Å²) in [6.07, 6.45) is 1.51. The number of hydrogen-bond donors (Lipinski definition) is 2. The molecule has 2 amide bonds. The van der Waals surface area contributed by atoms with E-state index >= 15 is 0 Å². The summed E-state index contributed by atoms with van der Waals surface area (Å²) >= 11 is 3.34. The lowest BCUT2D eigenvalue weighted by Gasteiger charge is -2.23. The first-order chi connectivity index (χ1) is 11.8. The van der Waals surface area contributed by atoms with Crippen LogP contribution in [0.15, 0.2) is 27.6 Å². The number of pyridine rings is 1. The topological polar surface area (TPSA) is 104 Å². The van der Waals surface area contributed by atoms with Gasteiger partial charge in [-0.3, -0.25) is 14.0 Å². The molecule has 9 heteroatoms. The summed E-state index contributed by atoms with van der Waals surface area (Å²) in [4.78, 5) is 41.0. The first-order valence-corrected chi connectivity index (χ1v) is 8.59. The lowest BCUT2D eigenvalue weighted by molar-refractivity contribution is -0.119. The SMILES string of the molecule is Cc1c(CN(CC2CCC(=O)N2)C(=O)O)nc2cc(Br)ccn2c1=O. The zero-order chi connectivity index (χ0) is 18.1. The predicted octanol–water partition coefficient (Wildman–Crippen LogP) is 1.52. The molecule has 3 rings (SSSR count). The van der Waals surface area contributed by atoms with Crippen molar-refractivity contribution in [3.63, 3.8) is 0 Å². The van der Waals surface area contributed by atoms with Crippen molar-refractivity contribution < 1.29 is 14.7 Å². The number of carbonyl (C=O) groups is 2. The highest BCUT2D eigenvalue weighted by Crippen LogP contribution is 2.15. The minimum atomic E-state index is -1.11. The Kier molecular flexibility index (Phi) is 4.76. The highest BCUT2D eigenvalue weighted by molar-refractivity contribution is 9.10. The zero-order valence-electron chi connectivity index (χ0n) is 13.5. The molecule has 3 heterocycles. The Bertz CT molecular complexity index is 911. The second-order valence-corrected chi connectivity index (χ2v) is 6.94.